The van der Waals surface area contributed by atoms with E-state index in [9.17, 15) is 4.79 Å². The number of hydrogen-bond acceptors (Lipinski definition) is 5. The van der Waals surface area contributed by atoms with Crippen LogP contribution in [-0.4, -0.2) is 57.1 Å². The van der Waals surface area contributed by atoms with Crippen LogP contribution < -0.4 is 9.47 Å². The highest BCUT2D eigenvalue weighted by Crippen LogP contribution is 2.31. The second-order valence-electron chi connectivity index (χ2n) is 7.71. The molecular formula is C27H33NO4S. The number of methoxy groups -OCH3 is 2. The molecule has 2 aromatic carbocycles. The lowest BCUT2D eigenvalue weighted by Crippen LogP contribution is -2.39. The Morgan fingerprint density at radius 2 is 1.79 bits per heavy atom. The molecule has 0 spiro atoms. The van der Waals surface area contributed by atoms with Gasteiger partial charge in [-0.1, -0.05) is 43.7 Å². The molecule has 176 valence electrons. The molecule has 0 atom stereocenters. The van der Waals surface area contributed by atoms with Crippen LogP contribution in [-0.2, 0) is 9.53 Å². The quantitative estimate of drug-likeness (QED) is 0.198. The number of ether oxygens (including phenoxy) is 3. The molecule has 1 amide bonds. The molecule has 1 aliphatic rings. The third-order valence-corrected chi connectivity index (χ3v) is 6.52. The summed E-state index contributed by atoms with van der Waals surface area (Å²) in [6.07, 6.45) is 8.15. The van der Waals surface area contributed by atoms with Crippen molar-refractivity contribution in [3.05, 3.63) is 65.7 Å². The number of rotatable bonds is 10. The summed E-state index contributed by atoms with van der Waals surface area (Å²) in [5.41, 5.74) is 2.78. The molecule has 1 aliphatic heterocycles. The molecule has 0 radical (unpaired) electrons. The molecule has 0 aromatic heterocycles. The third-order valence-electron chi connectivity index (χ3n) is 5.42. The van der Waals surface area contributed by atoms with Gasteiger partial charge < -0.3 is 19.1 Å². The average molecular weight is 468 g/mol. The van der Waals surface area contributed by atoms with Crippen molar-refractivity contribution < 1.29 is 19.0 Å². The number of benzene rings is 2. The topological polar surface area (TPSA) is 48.0 Å². The summed E-state index contributed by atoms with van der Waals surface area (Å²) < 4.78 is 16.2. The fraction of sp³-hybridized carbons (Fsp3) is 0.370. The van der Waals surface area contributed by atoms with Crippen molar-refractivity contribution in [3.8, 4) is 11.5 Å². The maximum atomic E-state index is 12.9. The highest BCUT2D eigenvalue weighted by Gasteiger charge is 2.16. The van der Waals surface area contributed by atoms with Gasteiger partial charge in [0.2, 0.25) is 5.91 Å². The number of carbonyl (C=O) groups is 1. The van der Waals surface area contributed by atoms with Crippen molar-refractivity contribution in [2.24, 2.45) is 0 Å². The Balaban J connectivity index is 1.85. The SMILES string of the molecule is CCCCSc1ccc(C=CC(=CC(=O)N2CCOCC2)c2ccc(OC)c(OC)c2)cc1. The van der Waals surface area contributed by atoms with Crippen molar-refractivity contribution in [1.29, 1.82) is 0 Å². The lowest BCUT2D eigenvalue weighted by atomic mass is 10.0. The standard InChI is InChI=1S/C27H33NO4S/c1-4-5-18-33-24-11-7-21(8-12-24)6-9-23(20-27(29)28-14-16-32-17-15-28)22-10-13-25(30-2)26(19-22)31-3/h6-13,19-20H,4-5,14-18H2,1-3H3. The lowest BCUT2D eigenvalue weighted by Gasteiger charge is -2.26. The fourth-order valence-electron chi connectivity index (χ4n) is 3.45. The zero-order valence-electron chi connectivity index (χ0n) is 19.7. The van der Waals surface area contributed by atoms with Crippen LogP contribution in [0.4, 0.5) is 0 Å². The molecule has 6 heteroatoms. The van der Waals surface area contributed by atoms with E-state index in [-0.39, 0.29) is 5.91 Å². The second kappa shape index (κ2) is 13.1. The van der Waals surface area contributed by atoms with Crippen LogP contribution in [0.2, 0.25) is 0 Å². The molecule has 1 heterocycles. The van der Waals surface area contributed by atoms with Crippen LogP contribution in [0.5, 0.6) is 11.5 Å². The Labute approximate surface area is 201 Å². The molecule has 1 fully saturated rings. The number of unbranched alkanes of at least 4 members (excludes halogenated alkanes) is 1. The number of hydrogen-bond donors (Lipinski definition) is 0. The highest BCUT2D eigenvalue weighted by molar-refractivity contribution is 7.99. The van der Waals surface area contributed by atoms with Gasteiger partial charge in [0, 0.05) is 24.1 Å². The molecule has 2 aromatic rings. The van der Waals surface area contributed by atoms with Crippen LogP contribution in [0.1, 0.15) is 30.9 Å². The zero-order valence-corrected chi connectivity index (χ0v) is 20.5. The Hall–Kier alpha value is -2.70. The maximum absolute atomic E-state index is 12.9. The molecular weight excluding hydrogens is 434 g/mol. The van der Waals surface area contributed by atoms with Gasteiger partial charge in [-0.15, -0.1) is 11.8 Å². The number of carbonyl (C=O) groups excluding carboxylic acids is 1. The number of thioether (sulfide) groups is 1. The number of morpholine rings is 1. The van der Waals surface area contributed by atoms with Gasteiger partial charge in [0.15, 0.2) is 11.5 Å². The number of allylic oxidation sites excluding steroid dienone is 2. The van der Waals surface area contributed by atoms with Gasteiger partial charge in [0.25, 0.3) is 0 Å². The molecule has 0 unspecified atom stereocenters. The first-order valence-corrected chi connectivity index (χ1v) is 12.3. The summed E-state index contributed by atoms with van der Waals surface area (Å²) >= 11 is 1.89. The predicted octanol–water partition coefficient (Wildman–Crippen LogP) is 5.55. The van der Waals surface area contributed by atoms with E-state index in [4.69, 9.17) is 14.2 Å². The van der Waals surface area contributed by atoms with Crippen molar-refractivity contribution in [1.82, 2.24) is 4.90 Å². The molecule has 0 bridgehead atoms. The second-order valence-corrected chi connectivity index (χ2v) is 8.88. The van der Waals surface area contributed by atoms with Gasteiger partial charge >= 0.3 is 0 Å². The van der Waals surface area contributed by atoms with E-state index in [0.29, 0.717) is 37.8 Å². The van der Waals surface area contributed by atoms with Gasteiger partial charge in [-0.2, -0.15) is 0 Å². The smallest absolute Gasteiger partial charge is 0.247 e. The molecule has 0 N–H and O–H groups in total. The van der Waals surface area contributed by atoms with Gasteiger partial charge in [-0.25, -0.2) is 0 Å². The Kier molecular flexibility index (Phi) is 9.91. The van der Waals surface area contributed by atoms with Crippen LogP contribution in [0.3, 0.4) is 0 Å². The molecule has 3 rings (SSSR count). The van der Waals surface area contributed by atoms with Crippen LogP contribution in [0.15, 0.2) is 59.5 Å². The van der Waals surface area contributed by atoms with Gasteiger partial charge in [0.05, 0.1) is 27.4 Å². The van der Waals surface area contributed by atoms with Crippen LogP contribution in [0, 0.1) is 0 Å². The number of amides is 1. The van der Waals surface area contributed by atoms with E-state index in [1.54, 1.807) is 20.3 Å². The largest absolute Gasteiger partial charge is 0.493 e. The zero-order chi connectivity index (χ0) is 23.5. The minimum Gasteiger partial charge on any atom is -0.493 e. The Morgan fingerprint density at radius 1 is 1.06 bits per heavy atom. The summed E-state index contributed by atoms with van der Waals surface area (Å²) in [4.78, 5) is 16.0. The first kappa shape index (κ1) is 24.9. The average Bonchev–Trinajstić information content (AvgIpc) is 2.87. The minimum atomic E-state index is -0.0181. The Bertz CT molecular complexity index is 963. The van der Waals surface area contributed by atoms with Crippen LogP contribution >= 0.6 is 11.8 Å². The first-order valence-electron chi connectivity index (χ1n) is 11.4. The van der Waals surface area contributed by atoms with Crippen molar-refractivity contribution in [2.45, 2.75) is 24.7 Å². The van der Waals surface area contributed by atoms with E-state index in [1.807, 2.05) is 47.0 Å². The van der Waals surface area contributed by atoms with E-state index >= 15 is 0 Å². The van der Waals surface area contributed by atoms with E-state index in [0.717, 1.165) is 22.5 Å². The van der Waals surface area contributed by atoms with Crippen molar-refractivity contribution in [3.63, 3.8) is 0 Å². The maximum Gasteiger partial charge on any atom is 0.247 e. The molecule has 0 saturated carbocycles. The summed E-state index contributed by atoms with van der Waals surface area (Å²) in [5, 5.41) is 0. The van der Waals surface area contributed by atoms with E-state index < -0.39 is 0 Å². The predicted molar refractivity (Wildman–Crippen MR) is 136 cm³/mol. The summed E-state index contributed by atoms with van der Waals surface area (Å²) in [7, 11) is 3.22. The highest BCUT2D eigenvalue weighted by atomic mass is 32.2. The lowest BCUT2D eigenvalue weighted by molar-refractivity contribution is -0.129. The van der Waals surface area contributed by atoms with E-state index in [1.165, 1.54) is 17.7 Å². The summed E-state index contributed by atoms with van der Waals surface area (Å²) in [5.74, 6) is 2.40. The summed E-state index contributed by atoms with van der Waals surface area (Å²) in [6.45, 7) is 4.57. The molecule has 0 aliphatic carbocycles. The molecule has 33 heavy (non-hydrogen) atoms. The Morgan fingerprint density at radius 3 is 2.45 bits per heavy atom. The molecule has 1 saturated heterocycles. The first-order chi connectivity index (χ1) is 16.1. The normalized spacial score (nSPS) is 14.5. The minimum absolute atomic E-state index is 0.0181. The van der Waals surface area contributed by atoms with Crippen LogP contribution in [0.25, 0.3) is 11.6 Å². The van der Waals surface area contributed by atoms with Crippen molar-refractivity contribution in [2.75, 3.05) is 46.3 Å². The fourth-order valence-corrected chi connectivity index (χ4v) is 4.44. The van der Waals surface area contributed by atoms with E-state index in [2.05, 4.69) is 31.2 Å². The van der Waals surface area contributed by atoms with Crippen molar-refractivity contribution >= 4 is 29.3 Å². The monoisotopic (exact) mass is 467 g/mol. The molecule has 5 nitrogen and oxygen atoms in total. The summed E-state index contributed by atoms with van der Waals surface area (Å²) in [6, 6.07) is 14.2. The van der Waals surface area contributed by atoms with Gasteiger partial charge in [0.1, 0.15) is 0 Å². The van der Waals surface area contributed by atoms with Gasteiger partial charge in [-0.3, -0.25) is 4.79 Å². The number of nitrogens with zero attached hydrogens (tertiary/aromatic N) is 1. The third kappa shape index (κ3) is 7.41. The van der Waals surface area contributed by atoms with Gasteiger partial charge in [-0.05, 0) is 53.1 Å².